The van der Waals surface area contributed by atoms with Gasteiger partial charge in [-0.05, 0) is 48.9 Å². The Morgan fingerprint density at radius 2 is 1.76 bits per heavy atom. The van der Waals surface area contributed by atoms with Crippen molar-refractivity contribution in [3.63, 3.8) is 0 Å². The molecule has 12 nitrogen and oxygen atoms in total. The maximum Gasteiger partial charge on any atom is 0.318 e. The number of nitrogens with zero attached hydrogens (tertiary/aromatic N) is 5. The molecule has 0 aliphatic carbocycles. The van der Waals surface area contributed by atoms with Crippen LogP contribution in [0.15, 0.2) is 48.5 Å². The molecule has 0 radical (unpaired) electrons. The van der Waals surface area contributed by atoms with Gasteiger partial charge in [0.05, 0.1) is 19.9 Å². The van der Waals surface area contributed by atoms with Crippen LogP contribution in [0.25, 0.3) is 11.3 Å². The molecule has 1 fully saturated rings. The van der Waals surface area contributed by atoms with Crippen molar-refractivity contribution in [2.75, 3.05) is 65.2 Å². The Balaban J connectivity index is 1.19. The highest BCUT2D eigenvalue weighted by atomic mass is 16.7. The number of carbonyl (C=O) groups excluding carboxylic acids is 2. The van der Waals surface area contributed by atoms with Gasteiger partial charge in [0, 0.05) is 50.9 Å². The molecule has 0 saturated carbocycles. The number of anilines is 1. The van der Waals surface area contributed by atoms with E-state index in [-0.39, 0.29) is 31.8 Å². The van der Waals surface area contributed by atoms with Gasteiger partial charge in [-0.1, -0.05) is 6.07 Å². The van der Waals surface area contributed by atoms with E-state index in [4.69, 9.17) is 18.9 Å². The highest BCUT2D eigenvalue weighted by molar-refractivity contribution is 5.84. The predicted octanol–water partition coefficient (Wildman–Crippen LogP) is 2.77. The van der Waals surface area contributed by atoms with Crippen LogP contribution in [0.1, 0.15) is 12.5 Å². The predicted molar refractivity (Wildman–Crippen MR) is 151 cm³/mol. The van der Waals surface area contributed by atoms with Crippen molar-refractivity contribution >= 4 is 17.8 Å². The minimum absolute atomic E-state index is 0.0293. The van der Waals surface area contributed by atoms with Gasteiger partial charge in [-0.15, -0.1) is 10.2 Å². The zero-order valence-corrected chi connectivity index (χ0v) is 23.5. The Morgan fingerprint density at radius 1 is 0.951 bits per heavy atom. The maximum atomic E-state index is 13.2. The smallest absolute Gasteiger partial charge is 0.318 e. The minimum atomic E-state index is -0.291. The van der Waals surface area contributed by atoms with Gasteiger partial charge in [0.1, 0.15) is 18.0 Å². The van der Waals surface area contributed by atoms with Gasteiger partial charge in [0.2, 0.25) is 12.7 Å². The van der Waals surface area contributed by atoms with Crippen molar-refractivity contribution < 1.29 is 28.5 Å². The summed E-state index contributed by atoms with van der Waals surface area (Å²) >= 11 is 0. The summed E-state index contributed by atoms with van der Waals surface area (Å²) < 4.78 is 21.6. The molecule has 2 aromatic carbocycles. The number of nitrogens with one attached hydrogen (secondary N) is 1. The number of methoxy groups -OCH3 is 2. The van der Waals surface area contributed by atoms with Crippen molar-refractivity contribution in [3.8, 4) is 34.3 Å². The van der Waals surface area contributed by atoms with Crippen LogP contribution in [-0.4, -0.2) is 92.2 Å². The number of hydrogen-bond donors (Lipinski definition) is 1. The van der Waals surface area contributed by atoms with E-state index in [0.717, 1.165) is 16.9 Å². The van der Waals surface area contributed by atoms with Crippen LogP contribution >= 0.6 is 0 Å². The summed E-state index contributed by atoms with van der Waals surface area (Å²) in [6, 6.07) is 14.6. The number of ether oxygens (including phenoxy) is 4. The lowest BCUT2D eigenvalue weighted by molar-refractivity contribution is -0.132. The van der Waals surface area contributed by atoms with Crippen LogP contribution in [-0.2, 0) is 11.3 Å². The number of carbonyl (C=O) groups is 2. The molecule has 1 saturated heterocycles. The van der Waals surface area contributed by atoms with Gasteiger partial charge in [0.25, 0.3) is 0 Å². The molecule has 5 rings (SSSR count). The van der Waals surface area contributed by atoms with Crippen LogP contribution in [0, 0.1) is 0 Å². The van der Waals surface area contributed by atoms with Crippen LogP contribution in [0.4, 0.5) is 10.6 Å². The van der Waals surface area contributed by atoms with E-state index in [2.05, 4.69) is 20.4 Å². The third kappa shape index (κ3) is 6.37. The van der Waals surface area contributed by atoms with Gasteiger partial charge in [-0.2, -0.15) is 0 Å². The Hall–Kier alpha value is -4.74. The molecule has 3 aromatic rings. The first-order valence-electron chi connectivity index (χ1n) is 13.5. The fraction of sp³-hybridized carbons (Fsp3) is 0.379. The average Bonchev–Trinajstić information content (AvgIpc) is 3.49. The number of fused-ring (bicyclic) bond motifs is 1. The molecule has 0 bridgehead atoms. The lowest BCUT2D eigenvalue weighted by Gasteiger charge is -2.36. The normalized spacial score (nSPS) is 14.0. The van der Waals surface area contributed by atoms with Gasteiger partial charge in [-0.3, -0.25) is 4.79 Å². The fourth-order valence-electron chi connectivity index (χ4n) is 4.82. The Morgan fingerprint density at radius 3 is 2.46 bits per heavy atom. The van der Waals surface area contributed by atoms with E-state index in [1.165, 1.54) is 4.90 Å². The number of hydrogen-bond acceptors (Lipinski definition) is 9. The molecule has 1 aromatic heterocycles. The van der Waals surface area contributed by atoms with Crippen LogP contribution in [0.3, 0.4) is 0 Å². The molecule has 3 amide bonds. The first kappa shape index (κ1) is 27.8. The summed E-state index contributed by atoms with van der Waals surface area (Å²) in [4.78, 5) is 31.4. The topological polar surface area (TPSA) is 119 Å². The monoisotopic (exact) mass is 562 g/mol. The number of benzene rings is 2. The lowest BCUT2D eigenvalue weighted by atomic mass is 10.1. The highest BCUT2D eigenvalue weighted by Gasteiger charge is 2.26. The Bertz CT molecular complexity index is 1380. The summed E-state index contributed by atoms with van der Waals surface area (Å²) in [5.41, 5.74) is 2.36. The molecular weight excluding hydrogens is 528 g/mol. The summed E-state index contributed by atoms with van der Waals surface area (Å²) in [6.07, 6.45) is 0. The Labute approximate surface area is 238 Å². The third-order valence-corrected chi connectivity index (χ3v) is 7.04. The third-order valence-electron chi connectivity index (χ3n) is 7.04. The fourth-order valence-corrected chi connectivity index (χ4v) is 4.82. The minimum Gasteiger partial charge on any atom is -0.497 e. The standard InChI is InChI=1S/C29H34N6O6/c1-4-30-29(37)35(17-20-5-9-24-26(15-20)41-19-40-24)18-28(36)34-13-11-33(12-14-34)27-10-8-23(31-32-27)22-7-6-21(38-2)16-25(22)39-3/h5-10,15-16H,4,11-14,17-19H2,1-3H3,(H,30,37). The number of amides is 3. The molecule has 2 aliphatic rings. The molecule has 216 valence electrons. The molecule has 2 aliphatic heterocycles. The van der Waals surface area contributed by atoms with Gasteiger partial charge in [0.15, 0.2) is 17.3 Å². The number of rotatable bonds is 9. The highest BCUT2D eigenvalue weighted by Crippen LogP contribution is 2.33. The van der Waals surface area contributed by atoms with Crippen LogP contribution in [0.5, 0.6) is 23.0 Å². The number of aromatic nitrogens is 2. The quantitative estimate of drug-likeness (QED) is 0.420. The van der Waals surface area contributed by atoms with Crippen LogP contribution in [0.2, 0.25) is 0 Å². The van der Waals surface area contributed by atoms with Crippen molar-refractivity contribution in [3.05, 3.63) is 54.1 Å². The first-order valence-corrected chi connectivity index (χ1v) is 13.5. The first-order chi connectivity index (χ1) is 20.0. The van der Waals surface area contributed by atoms with Crippen molar-refractivity contribution in [1.29, 1.82) is 0 Å². The molecule has 0 atom stereocenters. The van der Waals surface area contributed by atoms with Crippen molar-refractivity contribution in [1.82, 2.24) is 25.3 Å². The van der Waals surface area contributed by atoms with E-state index in [9.17, 15) is 9.59 Å². The Kier molecular flexibility index (Phi) is 8.56. The molecule has 12 heteroatoms. The van der Waals surface area contributed by atoms with E-state index >= 15 is 0 Å². The zero-order valence-electron chi connectivity index (χ0n) is 23.5. The SMILES string of the molecule is CCNC(=O)N(CC(=O)N1CCN(c2ccc(-c3ccc(OC)cc3OC)nn2)CC1)Cc1ccc2c(c1)OCO2. The van der Waals surface area contributed by atoms with Crippen LogP contribution < -0.4 is 29.2 Å². The second kappa shape index (κ2) is 12.6. The molecule has 41 heavy (non-hydrogen) atoms. The van der Waals surface area contributed by atoms with Gasteiger partial charge >= 0.3 is 6.03 Å². The zero-order chi connectivity index (χ0) is 28.8. The maximum absolute atomic E-state index is 13.2. The largest absolute Gasteiger partial charge is 0.497 e. The van der Waals surface area contributed by atoms with E-state index in [1.54, 1.807) is 19.1 Å². The van der Waals surface area contributed by atoms with E-state index in [1.807, 2.05) is 55.5 Å². The second-order valence-electron chi connectivity index (χ2n) is 9.59. The second-order valence-corrected chi connectivity index (χ2v) is 9.59. The van der Waals surface area contributed by atoms with Crippen molar-refractivity contribution in [2.45, 2.75) is 13.5 Å². The molecule has 0 spiro atoms. The molecule has 0 unspecified atom stereocenters. The number of piperazine rings is 1. The van der Waals surface area contributed by atoms with E-state index < -0.39 is 0 Å². The lowest BCUT2D eigenvalue weighted by Crippen LogP contribution is -2.52. The van der Waals surface area contributed by atoms with Crippen molar-refractivity contribution in [2.24, 2.45) is 0 Å². The van der Waals surface area contributed by atoms with Gasteiger partial charge < -0.3 is 39.0 Å². The molecule has 3 heterocycles. The summed E-state index contributed by atoms with van der Waals surface area (Å²) in [5, 5.41) is 11.7. The summed E-state index contributed by atoms with van der Waals surface area (Å²) in [7, 11) is 3.21. The summed E-state index contributed by atoms with van der Waals surface area (Å²) in [6.45, 7) is 4.98. The molecule has 1 N–H and O–H groups in total. The molecular formula is C29H34N6O6. The average molecular weight is 563 g/mol. The number of urea groups is 1. The van der Waals surface area contributed by atoms with E-state index in [0.29, 0.717) is 61.4 Å². The van der Waals surface area contributed by atoms with Gasteiger partial charge in [-0.25, -0.2) is 4.79 Å². The summed E-state index contributed by atoms with van der Waals surface area (Å²) in [5.74, 6) is 3.29.